The second-order valence-electron chi connectivity index (χ2n) is 3.63. The van der Waals surface area contributed by atoms with Gasteiger partial charge in [-0.3, -0.25) is 4.79 Å². The molecule has 0 aromatic carbocycles. The number of hydrogen-bond donors (Lipinski definition) is 1. The number of carbonyl (C=O) groups is 1. The number of carboxylic acids is 1. The van der Waals surface area contributed by atoms with Crippen molar-refractivity contribution in [3.05, 3.63) is 0 Å². The minimum atomic E-state index is -0.716. The van der Waals surface area contributed by atoms with Crippen LogP contribution in [0.25, 0.3) is 0 Å². The Bertz CT molecular complexity index is 178. The van der Waals surface area contributed by atoms with Crippen LogP contribution in [0, 0.1) is 0 Å². The molecule has 0 radical (unpaired) electrons. The number of aliphatic carboxylic acids is 1. The third-order valence-corrected chi connectivity index (χ3v) is 3.64. The Morgan fingerprint density at radius 3 is 3.07 bits per heavy atom. The highest BCUT2D eigenvalue weighted by molar-refractivity contribution is 8.00. The summed E-state index contributed by atoms with van der Waals surface area (Å²) >= 11 is 1.51. The van der Waals surface area contributed by atoms with Gasteiger partial charge in [0.15, 0.2) is 0 Å². The second kappa shape index (κ2) is 6.30. The Balaban J connectivity index is 1.95. The van der Waals surface area contributed by atoms with Crippen molar-refractivity contribution in [1.82, 2.24) is 0 Å². The predicted molar refractivity (Wildman–Crippen MR) is 57.8 cm³/mol. The van der Waals surface area contributed by atoms with E-state index in [4.69, 9.17) is 9.84 Å². The molecule has 1 heterocycles. The first-order chi connectivity index (χ1) is 6.70. The minimum Gasteiger partial charge on any atom is -0.480 e. The fraction of sp³-hybridized carbons (Fsp3) is 0.900. The van der Waals surface area contributed by atoms with E-state index in [1.54, 1.807) is 6.92 Å². The SMILES string of the molecule is CC(SCCCC1CCCO1)C(=O)O. The van der Waals surface area contributed by atoms with E-state index in [1.165, 1.54) is 24.6 Å². The molecule has 0 amide bonds. The summed E-state index contributed by atoms with van der Waals surface area (Å²) in [6.07, 6.45) is 4.95. The van der Waals surface area contributed by atoms with E-state index in [1.807, 2.05) is 0 Å². The van der Waals surface area contributed by atoms with Crippen LogP contribution in [0.4, 0.5) is 0 Å². The third-order valence-electron chi connectivity index (χ3n) is 2.41. The van der Waals surface area contributed by atoms with Gasteiger partial charge in [0.25, 0.3) is 0 Å². The van der Waals surface area contributed by atoms with Crippen LogP contribution in [0.1, 0.15) is 32.6 Å². The molecule has 1 fully saturated rings. The molecule has 0 aromatic heterocycles. The van der Waals surface area contributed by atoms with Gasteiger partial charge in [0.1, 0.15) is 0 Å². The van der Waals surface area contributed by atoms with Gasteiger partial charge >= 0.3 is 5.97 Å². The summed E-state index contributed by atoms with van der Waals surface area (Å²) in [6.45, 7) is 2.64. The molecule has 1 saturated heterocycles. The second-order valence-corrected chi connectivity index (χ2v) is 5.08. The molecule has 3 nitrogen and oxygen atoms in total. The van der Waals surface area contributed by atoms with Gasteiger partial charge in [0.2, 0.25) is 0 Å². The molecule has 82 valence electrons. The summed E-state index contributed by atoms with van der Waals surface area (Å²) < 4.78 is 5.48. The van der Waals surface area contributed by atoms with Crippen LogP contribution in [-0.2, 0) is 9.53 Å². The molecule has 0 bridgehead atoms. The highest BCUT2D eigenvalue weighted by Gasteiger charge is 2.15. The lowest BCUT2D eigenvalue weighted by molar-refractivity contribution is -0.136. The summed E-state index contributed by atoms with van der Waals surface area (Å²) in [5.74, 6) is 0.208. The zero-order chi connectivity index (χ0) is 10.4. The van der Waals surface area contributed by atoms with E-state index in [9.17, 15) is 4.79 Å². The van der Waals surface area contributed by atoms with Crippen molar-refractivity contribution < 1.29 is 14.6 Å². The van der Waals surface area contributed by atoms with Gasteiger partial charge in [-0.05, 0) is 38.4 Å². The molecule has 0 aliphatic carbocycles. The highest BCUT2D eigenvalue weighted by atomic mass is 32.2. The maximum Gasteiger partial charge on any atom is 0.316 e. The number of rotatable bonds is 6. The molecule has 0 saturated carbocycles. The number of hydrogen-bond acceptors (Lipinski definition) is 3. The van der Waals surface area contributed by atoms with Gasteiger partial charge in [-0.15, -0.1) is 11.8 Å². The monoisotopic (exact) mass is 218 g/mol. The molecule has 14 heavy (non-hydrogen) atoms. The first kappa shape index (κ1) is 11.9. The molecule has 2 atom stereocenters. The summed E-state index contributed by atoms with van der Waals surface area (Å²) in [6, 6.07) is 0. The molecular formula is C10H18O3S. The van der Waals surface area contributed by atoms with Gasteiger partial charge in [-0.1, -0.05) is 0 Å². The quantitative estimate of drug-likeness (QED) is 0.694. The van der Waals surface area contributed by atoms with Crippen molar-refractivity contribution in [3.8, 4) is 0 Å². The van der Waals surface area contributed by atoms with Crippen LogP contribution < -0.4 is 0 Å². The minimum absolute atomic E-state index is 0.278. The van der Waals surface area contributed by atoms with Gasteiger partial charge < -0.3 is 9.84 Å². The maximum atomic E-state index is 10.5. The summed E-state index contributed by atoms with van der Waals surface area (Å²) in [5, 5.41) is 8.37. The van der Waals surface area contributed by atoms with Crippen molar-refractivity contribution >= 4 is 17.7 Å². The third kappa shape index (κ3) is 4.33. The van der Waals surface area contributed by atoms with Gasteiger partial charge in [-0.2, -0.15) is 0 Å². The molecule has 1 rings (SSSR count). The Morgan fingerprint density at radius 2 is 2.50 bits per heavy atom. The molecule has 0 aromatic rings. The smallest absolute Gasteiger partial charge is 0.316 e. The summed E-state index contributed by atoms with van der Waals surface area (Å²) in [7, 11) is 0. The van der Waals surface area contributed by atoms with E-state index < -0.39 is 5.97 Å². The Hall–Kier alpha value is -0.220. The molecule has 1 N–H and O–H groups in total. The van der Waals surface area contributed by atoms with Crippen LogP contribution in [0.15, 0.2) is 0 Å². The largest absolute Gasteiger partial charge is 0.480 e. The van der Waals surface area contributed by atoms with Gasteiger partial charge in [0, 0.05) is 6.61 Å². The van der Waals surface area contributed by atoms with Crippen molar-refractivity contribution in [2.24, 2.45) is 0 Å². The van der Waals surface area contributed by atoms with Crippen molar-refractivity contribution in [2.75, 3.05) is 12.4 Å². The van der Waals surface area contributed by atoms with Crippen LogP contribution >= 0.6 is 11.8 Å². The standard InChI is InChI=1S/C10H18O3S/c1-8(10(11)12)14-7-3-5-9-4-2-6-13-9/h8-9H,2-7H2,1H3,(H,11,12). The van der Waals surface area contributed by atoms with Crippen molar-refractivity contribution in [1.29, 1.82) is 0 Å². The molecule has 0 spiro atoms. The van der Waals surface area contributed by atoms with Crippen molar-refractivity contribution in [2.45, 2.75) is 44.0 Å². The van der Waals surface area contributed by atoms with E-state index in [2.05, 4.69) is 0 Å². The normalized spacial score (nSPS) is 23.6. The average molecular weight is 218 g/mol. The van der Waals surface area contributed by atoms with E-state index in [0.717, 1.165) is 25.2 Å². The summed E-state index contributed by atoms with van der Waals surface area (Å²) in [5.41, 5.74) is 0. The van der Waals surface area contributed by atoms with Gasteiger partial charge in [0.05, 0.1) is 11.4 Å². The molecule has 2 unspecified atom stereocenters. The zero-order valence-electron chi connectivity index (χ0n) is 8.57. The first-order valence-corrected chi connectivity index (χ1v) is 6.21. The van der Waals surface area contributed by atoms with Crippen molar-refractivity contribution in [3.63, 3.8) is 0 Å². The maximum absolute atomic E-state index is 10.5. The number of ether oxygens (including phenoxy) is 1. The van der Waals surface area contributed by atoms with E-state index >= 15 is 0 Å². The van der Waals surface area contributed by atoms with Crippen LogP contribution in [0.2, 0.25) is 0 Å². The fourth-order valence-electron chi connectivity index (χ4n) is 1.51. The van der Waals surface area contributed by atoms with E-state index in [0.29, 0.717) is 6.10 Å². The lowest BCUT2D eigenvalue weighted by Gasteiger charge is -2.09. The topological polar surface area (TPSA) is 46.5 Å². The fourth-order valence-corrected chi connectivity index (χ4v) is 2.34. The van der Waals surface area contributed by atoms with E-state index in [-0.39, 0.29) is 5.25 Å². The van der Waals surface area contributed by atoms with Crippen LogP contribution in [-0.4, -0.2) is 34.8 Å². The average Bonchev–Trinajstić information content (AvgIpc) is 2.64. The Morgan fingerprint density at radius 1 is 1.71 bits per heavy atom. The predicted octanol–water partition coefficient (Wildman–Crippen LogP) is 2.15. The molecule has 4 heteroatoms. The lowest BCUT2D eigenvalue weighted by atomic mass is 10.1. The summed E-state index contributed by atoms with van der Waals surface area (Å²) in [4.78, 5) is 10.5. The molecule has 1 aliphatic rings. The Labute approximate surface area is 89.2 Å². The number of thioether (sulfide) groups is 1. The zero-order valence-corrected chi connectivity index (χ0v) is 9.39. The Kier molecular flexibility index (Phi) is 5.33. The molecular weight excluding hydrogens is 200 g/mol. The van der Waals surface area contributed by atoms with Gasteiger partial charge in [-0.25, -0.2) is 0 Å². The van der Waals surface area contributed by atoms with Crippen LogP contribution in [0.3, 0.4) is 0 Å². The molecule has 1 aliphatic heterocycles. The highest BCUT2D eigenvalue weighted by Crippen LogP contribution is 2.19. The van der Waals surface area contributed by atoms with Crippen LogP contribution in [0.5, 0.6) is 0 Å². The number of carboxylic acid groups (broad SMARTS) is 1. The first-order valence-electron chi connectivity index (χ1n) is 5.16. The lowest BCUT2D eigenvalue weighted by Crippen LogP contribution is -2.12.